The largest absolute Gasteiger partial charge is 0.397 e. The topological polar surface area (TPSA) is 76.8 Å². The van der Waals surface area contributed by atoms with Crippen molar-refractivity contribution in [2.45, 2.75) is 32.1 Å². The summed E-state index contributed by atoms with van der Waals surface area (Å²) in [6, 6.07) is 11.0. The lowest BCUT2D eigenvalue weighted by Gasteiger charge is -2.24. The minimum atomic E-state index is 0.346. The van der Waals surface area contributed by atoms with Crippen LogP contribution in [0.25, 0.3) is 11.1 Å². The van der Waals surface area contributed by atoms with E-state index in [0.29, 0.717) is 16.8 Å². The maximum atomic E-state index is 9.77. The molecule has 0 unspecified atom stereocenters. The summed E-state index contributed by atoms with van der Waals surface area (Å²) >= 11 is 0. The van der Waals surface area contributed by atoms with Gasteiger partial charge in [0.15, 0.2) is 0 Å². The van der Waals surface area contributed by atoms with Gasteiger partial charge in [0.2, 0.25) is 0 Å². The average Bonchev–Trinajstić information content (AvgIpc) is 3.01. The van der Waals surface area contributed by atoms with Crippen molar-refractivity contribution in [3.05, 3.63) is 46.0 Å². The molecule has 2 aliphatic rings. The Morgan fingerprint density at radius 1 is 1.00 bits per heavy atom. The maximum absolute atomic E-state index is 9.77. The van der Waals surface area contributed by atoms with Crippen LogP contribution in [0.5, 0.6) is 0 Å². The van der Waals surface area contributed by atoms with Crippen LogP contribution in [0.2, 0.25) is 0 Å². The Morgan fingerprint density at radius 3 is 2.44 bits per heavy atom. The highest BCUT2D eigenvalue weighted by Gasteiger charge is 2.26. The number of hydrogen-bond acceptors (Lipinski definition) is 4. The molecular formula is C21H20N4. The van der Waals surface area contributed by atoms with E-state index < -0.39 is 0 Å². The number of fused-ring (bicyclic) bond motifs is 2. The number of rotatable bonds is 1. The molecule has 2 aromatic rings. The summed E-state index contributed by atoms with van der Waals surface area (Å²) in [4.78, 5) is 2.26. The number of nitriles is 2. The molecule has 0 radical (unpaired) electrons. The molecule has 1 heterocycles. The highest BCUT2D eigenvalue weighted by molar-refractivity contribution is 5.86. The predicted molar refractivity (Wildman–Crippen MR) is 99.3 cm³/mol. The van der Waals surface area contributed by atoms with Crippen LogP contribution in [0.1, 0.15) is 40.7 Å². The zero-order chi connectivity index (χ0) is 17.6. The van der Waals surface area contributed by atoms with Gasteiger partial charge in [0.05, 0.1) is 16.8 Å². The van der Waals surface area contributed by atoms with E-state index in [2.05, 4.69) is 42.3 Å². The van der Waals surface area contributed by atoms with Crippen LogP contribution in [0.3, 0.4) is 0 Å². The van der Waals surface area contributed by atoms with Crippen LogP contribution >= 0.6 is 0 Å². The first-order valence-corrected chi connectivity index (χ1v) is 8.77. The van der Waals surface area contributed by atoms with Crippen molar-refractivity contribution >= 4 is 11.4 Å². The number of anilines is 2. The van der Waals surface area contributed by atoms with Crippen LogP contribution in [0.4, 0.5) is 11.4 Å². The van der Waals surface area contributed by atoms with Crippen LogP contribution in [0.15, 0.2) is 18.2 Å². The first-order chi connectivity index (χ1) is 12.2. The molecule has 0 saturated heterocycles. The van der Waals surface area contributed by atoms with Gasteiger partial charge in [-0.15, -0.1) is 0 Å². The molecule has 25 heavy (non-hydrogen) atoms. The Labute approximate surface area is 148 Å². The van der Waals surface area contributed by atoms with Crippen molar-refractivity contribution < 1.29 is 0 Å². The Morgan fingerprint density at radius 2 is 1.72 bits per heavy atom. The third-order valence-electron chi connectivity index (χ3n) is 5.58. The zero-order valence-corrected chi connectivity index (χ0v) is 14.4. The summed E-state index contributed by atoms with van der Waals surface area (Å²) < 4.78 is 0. The predicted octanol–water partition coefficient (Wildman–Crippen LogP) is 3.55. The second-order valence-corrected chi connectivity index (χ2v) is 6.94. The first-order valence-electron chi connectivity index (χ1n) is 8.77. The molecule has 0 spiro atoms. The summed E-state index contributed by atoms with van der Waals surface area (Å²) in [5.41, 5.74) is 14.4. The van der Waals surface area contributed by atoms with Gasteiger partial charge in [-0.2, -0.15) is 10.5 Å². The van der Waals surface area contributed by atoms with Crippen molar-refractivity contribution in [2.75, 3.05) is 24.2 Å². The standard InChI is InChI=1S/C21H20N4/c1-25-9-8-13-10-14(6-7-19(13)25)20-16-5-3-2-4-15(16)17(11-22)21(24)18(20)12-23/h6-7,10H,2-5,8-9,24H2,1H3. The number of nitrogens with zero attached hydrogens (tertiary/aromatic N) is 3. The fraction of sp³-hybridized carbons (Fsp3) is 0.333. The molecule has 4 rings (SSSR count). The molecule has 1 aliphatic carbocycles. The summed E-state index contributed by atoms with van der Waals surface area (Å²) in [7, 11) is 2.10. The van der Waals surface area contributed by atoms with Gasteiger partial charge in [0, 0.05) is 24.8 Å². The first kappa shape index (κ1) is 15.5. The van der Waals surface area contributed by atoms with Gasteiger partial charge >= 0.3 is 0 Å². The van der Waals surface area contributed by atoms with E-state index in [1.54, 1.807) is 0 Å². The Kier molecular flexibility index (Phi) is 3.62. The normalized spacial score (nSPS) is 15.2. The molecule has 124 valence electrons. The van der Waals surface area contributed by atoms with Crippen molar-refractivity contribution in [1.82, 2.24) is 0 Å². The quantitative estimate of drug-likeness (QED) is 0.812. The van der Waals surface area contributed by atoms with Crippen LogP contribution in [-0.4, -0.2) is 13.6 Å². The molecular weight excluding hydrogens is 308 g/mol. The molecule has 0 amide bonds. The second-order valence-electron chi connectivity index (χ2n) is 6.94. The Hall–Kier alpha value is -2.98. The molecule has 0 fully saturated rings. The zero-order valence-electron chi connectivity index (χ0n) is 14.4. The van der Waals surface area contributed by atoms with E-state index in [1.165, 1.54) is 11.3 Å². The highest BCUT2D eigenvalue weighted by atomic mass is 15.1. The molecule has 2 aromatic carbocycles. The van der Waals surface area contributed by atoms with E-state index in [0.717, 1.165) is 60.9 Å². The summed E-state index contributed by atoms with van der Waals surface area (Å²) in [6.07, 6.45) is 4.96. The number of nitrogens with two attached hydrogens (primary N) is 1. The van der Waals surface area contributed by atoms with Crippen molar-refractivity contribution in [2.24, 2.45) is 0 Å². The van der Waals surface area contributed by atoms with Gasteiger partial charge in [0.1, 0.15) is 12.1 Å². The van der Waals surface area contributed by atoms with Gasteiger partial charge in [-0.1, -0.05) is 6.07 Å². The molecule has 1 aliphatic heterocycles. The van der Waals surface area contributed by atoms with Gasteiger partial charge in [-0.25, -0.2) is 0 Å². The molecule has 0 atom stereocenters. The number of hydrogen-bond donors (Lipinski definition) is 1. The molecule has 0 aromatic heterocycles. The van der Waals surface area contributed by atoms with E-state index in [1.807, 2.05) is 0 Å². The summed E-state index contributed by atoms with van der Waals surface area (Å²) in [5, 5.41) is 19.3. The fourth-order valence-corrected chi connectivity index (χ4v) is 4.31. The number of benzene rings is 2. The highest BCUT2D eigenvalue weighted by Crippen LogP contribution is 2.41. The van der Waals surface area contributed by atoms with E-state index in [4.69, 9.17) is 5.73 Å². The lowest BCUT2D eigenvalue weighted by atomic mass is 9.80. The number of nitrogen functional groups attached to an aromatic ring is 1. The third kappa shape index (κ3) is 2.26. The fourth-order valence-electron chi connectivity index (χ4n) is 4.31. The van der Waals surface area contributed by atoms with Crippen molar-refractivity contribution in [3.8, 4) is 23.3 Å². The summed E-state index contributed by atoms with van der Waals surface area (Å²) in [6.45, 7) is 1.03. The molecule has 4 heteroatoms. The van der Waals surface area contributed by atoms with E-state index in [-0.39, 0.29) is 0 Å². The second kappa shape index (κ2) is 5.83. The van der Waals surface area contributed by atoms with Crippen LogP contribution < -0.4 is 10.6 Å². The van der Waals surface area contributed by atoms with Crippen molar-refractivity contribution in [1.29, 1.82) is 10.5 Å². The maximum Gasteiger partial charge on any atom is 0.102 e. The SMILES string of the molecule is CN1CCc2cc(-c3c(C#N)c(N)c(C#N)c4c3CCCC4)ccc21. The minimum Gasteiger partial charge on any atom is -0.397 e. The monoisotopic (exact) mass is 328 g/mol. The van der Waals surface area contributed by atoms with Gasteiger partial charge in [-0.3, -0.25) is 0 Å². The Balaban J connectivity index is 2.01. The van der Waals surface area contributed by atoms with Gasteiger partial charge in [-0.05, 0) is 66.5 Å². The summed E-state index contributed by atoms with van der Waals surface area (Å²) in [5.74, 6) is 0. The minimum absolute atomic E-state index is 0.346. The van der Waals surface area contributed by atoms with E-state index >= 15 is 0 Å². The lowest BCUT2D eigenvalue weighted by Crippen LogP contribution is -2.12. The molecule has 0 saturated carbocycles. The average molecular weight is 328 g/mol. The van der Waals surface area contributed by atoms with E-state index in [9.17, 15) is 10.5 Å². The van der Waals surface area contributed by atoms with Crippen LogP contribution in [-0.2, 0) is 19.3 Å². The molecule has 2 N–H and O–H groups in total. The number of likely N-dealkylation sites (N-methyl/N-ethyl adjacent to an activating group) is 1. The van der Waals surface area contributed by atoms with Gasteiger partial charge in [0.25, 0.3) is 0 Å². The molecule has 4 nitrogen and oxygen atoms in total. The molecule has 0 bridgehead atoms. The van der Waals surface area contributed by atoms with Gasteiger partial charge < -0.3 is 10.6 Å². The third-order valence-corrected chi connectivity index (χ3v) is 5.58. The Bertz CT molecular complexity index is 960. The van der Waals surface area contributed by atoms with Crippen LogP contribution in [0, 0.1) is 22.7 Å². The lowest BCUT2D eigenvalue weighted by molar-refractivity contribution is 0.685. The smallest absolute Gasteiger partial charge is 0.102 e. The van der Waals surface area contributed by atoms with Crippen molar-refractivity contribution in [3.63, 3.8) is 0 Å².